The molecule has 0 aliphatic carbocycles. The summed E-state index contributed by atoms with van der Waals surface area (Å²) in [6, 6.07) is -1.51. The molecule has 22 heteroatoms. The molecule has 4 aliphatic heterocycles. The summed E-state index contributed by atoms with van der Waals surface area (Å²) in [4.78, 5) is 11.7. The van der Waals surface area contributed by atoms with Gasteiger partial charge in [-0.15, -0.1) is 0 Å². The Balaban J connectivity index is 1.47. The van der Waals surface area contributed by atoms with Gasteiger partial charge in [0.05, 0.1) is 26.4 Å². The van der Waals surface area contributed by atoms with Crippen LogP contribution in [0, 0.1) is 0 Å². The van der Waals surface area contributed by atoms with Crippen molar-refractivity contribution in [2.45, 2.75) is 130 Å². The quantitative estimate of drug-likeness (QED) is 0.0947. The van der Waals surface area contributed by atoms with Gasteiger partial charge in [-0.05, 0) is 0 Å². The smallest absolute Gasteiger partial charge is 0.217 e. The van der Waals surface area contributed by atoms with E-state index >= 15 is 0 Å². The summed E-state index contributed by atoms with van der Waals surface area (Å²) in [7, 11) is 0. The summed E-state index contributed by atoms with van der Waals surface area (Å²) in [5, 5.41) is 136. The molecule has 4 aliphatic rings. The average Bonchev–Trinajstić information content (AvgIpc) is 3.06. The number of nitrogens with one attached hydrogen (secondary N) is 1. The van der Waals surface area contributed by atoms with E-state index in [0.29, 0.717) is 0 Å². The number of ether oxygens (including phenoxy) is 7. The van der Waals surface area contributed by atoms with Crippen LogP contribution >= 0.6 is 0 Å². The number of aliphatic hydroxyl groups is 13. The molecular formula is C26H45NO21. The van der Waals surface area contributed by atoms with Gasteiger partial charge in [-0.3, -0.25) is 4.79 Å². The lowest BCUT2D eigenvalue weighted by Gasteiger charge is -2.47. The zero-order valence-electron chi connectivity index (χ0n) is 25.5. The molecule has 280 valence electrons. The molecular weight excluding hydrogens is 662 g/mol. The number of carbonyl (C=O) groups is 1. The molecule has 4 fully saturated rings. The largest absolute Gasteiger partial charge is 0.394 e. The lowest BCUT2D eigenvalue weighted by Crippen LogP contribution is -2.67. The van der Waals surface area contributed by atoms with E-state index in [0.717, 1.165) is 6.92 Å². The van der Waals surface area contributed by atoms with E-state index in [4.69, 9.17) is 33.2 Å². The first kappa shape index (κ1) is 39.5. The van der Waals surface area contributed by atoms with Crippen LogP contribution in [0.5, 0.6) is 0 Å². The van der Waals surface area contributed by atoms with Crippen LogP contribution in [0.2, 0.25) is 0 Å². The third kappa shape index (κ3) is 8.24. The predicted molar refractivity (Wildman–Crippen MR) is 145 cm³/mol. The van der Waals surface area contributed by atoms with Crippen LogP contribution in [-0.4, -0.2) is 221 Å². The predicted octanol–water partition coefficient (Wildman–Crippen LogP) is -9.61. The fraction of sp³-hybridized carbons (Fsp3) is 0.962. The molecule has 4 saturated heterocycles. The Morgan fingerprint density at radius 1 is 0.542 bits per heavy atom. The van der Waals surface area contributed by atoms with E-state index in [-0.39, 0.29) is 0 Å². The Hall–Kier alpha value is -1.33. The molecule has 0 aromatic heterocycles. The van der Waals surface area contributed by atoms with Gasteiger partial charge in [0.2, 0.25) is 5.91 Å². The molecule has 20 atom stereocenters. The van der Waals surface area contributed by atoms with Crippen molar-refractivity contribution in [1.29, 1.82) is 0 Å². The maximum atomic E-state index is 11.7. The van der Waals surface area contributed by atoms with Crippen molar-refractivity contribution in [3.05, 3.63) is 0 Å². The highest BCUT2D eigenvalue weighted by Crippen LogP contribution is 2.32. The number of amides is 1. The van der Waals surface area contributed by atoms with E-state index in [1.807, 2.05) is 0 Å². The molecule has 0 aromatic carbocycles. The van der Waals surface area contributed by atoms with Crippen LogP contribution in [0.1, 0.15) is 6.92 Å². The SMILES string of the molecule is CC(=O)N[C@@H]1[C@@H](O)[C@H](O[C@@H]2O[C@H](CO)[C@H](O)[C@H](O)[C@H]2O)[C@@H](CO[C@@H]2O[C@H](CO)[C@@H](O[C@@H]3O[C@H](CO)[C@H](O)[C@H](O)[C@H]3O)[C@H](O)[C@H]2O)O[C@@H]1O. The molecule has 0 bridgehead atoms. The standard InChI is InChI=1S/C26H45NO21/c1-6(31)27-11-14(34)22(48-26-19(39)16(36)13(33)8(3-29)45-26)10(43-23(11)41)5-42-24-20(40)17(37)21(9(4-30)46-24)47-25-18(38)15(35)12(32)7(2-28)44-25/h7-26,28-30,32-41H,2-5H2,1H3,(H,27,31)/t7-,8-,9-,10-,11-,12+,13+,14-,15+,16+,17-,18-,19-,20-,21-,22-,23+,24-,25+,26+/m1/s1. The topological polar surface area (TPSA) is 357 Å². The molecule has 0 saturated carbocycles. The third-order valence-electron chi connectivity index (χ3n) is 8.59. The van der Waals surface area contributed by atoms with Gasteiger partial charge in [-0.2, -0.15) is 0 Å². The fourth-order valence-corrected chi connectivity index (χ4v) is 5.85. The Labute approximate surface area is 272 Å². The van der Waals surface area contributed by atoms with Crippen molar-refractivity contribution in [3.63, 3.8) is 0 Å². The first-order valence-electron chi connectivity index (χ1n) is 15.1. The Bertz CT molecular complexity index is 1020. The second-order valence-electron chi connectivity index (χ2n) is 11.9. The van der Waals surface area contributed by atoms with E-state index in [1.165, 1.54) is 0 Å². The summed E-state index contributed by atoms with van der Waals surface area (Å²) in [5.41, 5.74) is 0. The van der Waals surface area contributed by atoms with Crippen molar-refractivity contribution >= 4 is 5.91 Å². The molecule has 48 heavy (non-hydrogen) atoms. The second kappa shape index (κ2) is 16.8. The highest BCUT2D eigenvalue weighted by Gasteiger charge is 2.53. The zero-order valence-corrected chi connectivity index (χ0v) is 25.5. The van der Waals surface area contributed by atoms with Gasteiger partial charge >= 0.3 is 0 Å². The summed E-state index contributed by atoms with van der Waals surface area (Å²) in [6.07, 6.45) is -33.0. The summed E-state index contributed by atoms with van der Waals surface area (Å²) in [5.74, 6) is -0.689. The Kier molecular flexibility index (Phi) is 13.8. The first-order chi connectivity index (χ1) is 22.6. The molecule has 0 spiro atoms. The van der Waals surface area contributed by atoms with Gasteiger partial charge in [0.25, 0.3) is 0 Å². The normalized spacial score (nSPS) is 50.2. The Morgan fingerprint density at radius 3 is 1.44 bits per heavy atom. The van der Waals surface area contributed by atoms with Gasteiger partial charge in [-0.25, -0.2) is 0 Å². The first-order valence-corrected chi connectivity index (χ1v) is 15.1. The van der Waals surface area contributed by atoms with Crippen molar-refractivity contribution < 1.29 is 104 Å². The minimum atomic E-state index is -1.96. The van der Waals surface area contributed by atoms with E-state index in [1.54, 1.807) is 0 Å². The van der Waals surface area contributed by atoms with Gasteiger partial charge in [0, 0.05) is 6.92 Å². The van der Waals surface area contributed by atoms with Gasteiger partial charge in [0.1, 0.15) is 97.6 Å². The monoisotopic (exact) mass is 707 g/mol. The van der Waals surface area contributed by atoms with Crippen LogP contribution in [0.4, 0.5) is 0 Å². The van der Waals surface area contributed by atoms with Crippen molar-refractivity contribution in [2.24, 2.45) is 0 Å². The van der Waals surface area contributed by atoms with E-state index in [2.05, 4.69) is 5.32 Å². The minimum Gasteiger partial charge on any atom is -0.394 e. The van der Waals surface area contributed by atoms with E-state index in [9.17, 15) is 71.2 Å². The van der Waals surface area contributed by atoms with Gasteiger partial charge in [-0.1, -0.05) is 0 Å². The number of hydrogen-bond donors (Lipinski definition) is 14. The van der Waals surface area contributed by atoms with Crippen molar-refractivity contribution in [2.75, 3.05) is 26.4 Å². The molecule has 22 nitrogen and oxygen atoms in total. The summed E-state index contributed by atoms with van der Waals surface area (Å²) < 4.78 is 38.4. The molecule has 4 heterocycles. The van der Waals surface area contributed by atoms with Crippen LogP contribution in [-0.2, 0) is 38.0 Å². The van der Waals surface area contributed by atoms with Crippen molar-refractivity contribution in [1.82, 2.24) is 5.32 Å². The number of rotatable bonds is 11. The molecule has 0 aromatic rings. The fourth-order valence-electron chi connectivity index (χ4n) is 5.85. The molecule has 14 N–H and O–H groups in total. The highest BCUT2D eigenvalue weighted by molar-refractivity contribution is 5.73. The van der Waals surface area contributed by atoms with Crippen LogP contribution in [0.25, 0.3) is 0 Å². The Morgan fingerprint density at radius 2 is 0.979 bits per heavy atom. The minimum absolute atomic E-state index is 0.689. The maximum absolute atomic E-state index is 11.7. The number of aliphatic hydroxyl groups excluding tert-OH is 13. The van der Waals surface area contributed by atoms with Gasteiger partial charge in [0.15, 0.2) is 25.2 Å². The maximum Gasteiger partial charge on any atom is 0.217 e. The van der Waals surface area contributed by atoms with Crippen LogP contribution < -0.4 is 5.32 Å². The lowest BCUT2D eigenvalue weighted by molar-refractivity contribution is -0.368. The molecule has 0 radical (unpaired) electrons. The average molecular weight is 708 g/mol. The van der Waals surface area contributed by atoms with Gasteiger partial charge < -0.3 is 105 Å². The number of hydrogen-bond acceptors (Lipinski definition) is 21. The molecule has 4 rings (SSSR count). The lowest BCUT2D eigenvalue weighted by atomic mass is 9.95. The van der Waals surface area contributed by atoms with Crippen molar-refractivity contribution in [3.8, 4) is 0 Å². The molecule has 1 amide bonds. The zero-order chi connectivity index (χ0) is 35.6. The highest BCUT2D eigenvalue weighted by atomic mass is 16.8. The summed E-state index contributed by atoms with van der Waals surface area (Å²) in [6.45, 7) is -2.10. The third-order valence-corrected chi connectivity index (χ3v) is 8.59. The molecule has 0 unspecified atom stereocenters. The van der Waals surface area contributed by atoms with Crippen LogP contribution in [0.3, 0.4) is 0 Å². The second-order valence-corrected chi connectivity index (χ2v) is 11.9. The van der Waals surface area contributed by atoms with Crippen LogP contribution in [0.15, 0.2) is 0 Å². The number of carbonyl (C=O) groups excluding carboxylic acids is 1. The summed E-state index contributed by atoms with van der Waals surface area (Å²) >= 11 is 0. The van der Waals surface area contributed by atoms with E-state index < -0.39 is 155 Å².